The maximum atomic E-state index is 14.2. The predicted molar refractivity (Wildman–Crippen MR) is 134 cm³/mol. The van der Waals surface area contributed by atoms with Crippen molar-refractivity contribution in [3.05, 3.63) is 64.2 Å². The number of rotatable bonds is 7. The lowest BCUT2D eigenvalue weighted by Crippen LogP contribution is -2.54. The van der Waals surface area contributed by atoms with E-state index in [0.29, 0.717) is 18.9 Å². The van der Waals surface area contributed by atoms with Gasteiger partial charge in [-0.2, -0.15) is 13.2 Å². The second-order valence-corrected chi connectivity index (χ2v) is 10.4. The Morgan fingerprint density at radius 1 is 1.12 bits per heavy atom. The highest BCUT2D eigenvalue weighted by atomic mass is 19.4. The van der Waals surface area contributed by atoms with Gasteiger partial charge in [0, 0.05) is 18.2 Å². The number of hydrogen-bond donors (Lipinski definition) is 2. The molecule has 0 aromatic heterocycles. The number of likely N-dealkylation sites (tertiary alicyclic amines) is 1. The molecule has 0 radical (unpaired) electrons. The standard InChI is InChI=1S/C28H31F5N2O5/c1-27(26(38)34-14-18-11-19(28(31,32)33)13-23(30)24(18)39-2)8-5-20(15-40-27)35-9-6-16(7-10-35)17-3-4-22(29)21(12-17)25(36)37/h3-4,11-13,16,20H,5-10,14-15H2,1-2H3,(H,34,38)(H,36,37)/t20-,27-/m1/s1. The van der Waals surface area contributed by atoms with Crippen molar-refractivity contribution in [3.63, 3.8) is 0 Å². The first kappa shape index (κ1) is 29.7. The minimum atomic E-state index is -4.76. The van der Waals surface area contributed by atoms with Gasteiger partial charge in [0.15, 0.2) is 11.6 Å². The SMILES string of the molecule is COc1c(F)cc(C(F)(F)F)cc1CNC(=O)[C@@]1(C)CC[C@@H](N2CCC(c3ccc(F)c(C(=O)O)c3)CC2)CO1. The number of benzene rings is 2. The number of aromatic carboxylic acids is 1. The number of amides is 1. The number of carbonyl (C=O) groups is 2. The summed E-state index contributed by atoms with van der Waals surface area (Å²) in [6.45, 7) is 2.97. The van der Waals surface area contributed by atoms with Crippen LogP contribution in [0.4, 0.5) is 22.0 Å². The van der Waals surface area contributed by atoms with E-state index in [0.717, 1.165) is 44.7 Å². The van der Waals surface area contributed by atoms with Crippen molar-refractivity contribution >= 4 is 11.9 Å². The van der Waals surface area contributed by atoms with Gasteiger partial charge in [0.25, 0.3) is 5.91 Å². The van der Waals surface area contributed by atoms with Crippen molar-refractivity contribution in [2.75, 3.05) is 26.8 Å². The topological polar surface area (TPSA) is 88.1 Å². The van der Waals surface area contributed by atoms with Gasteiger partial charge >= 0.3 is 12.1 Å². The first-order chi connectivity index (χ1) is 18.8. The Bertz CT molecular complexity index is 1250. The Morgan fingerprint density at radius 3 is 2.40 bits per heavy atom. The second-order valence-electron chi connectivity index (χ2n) is 10.4. The Hall–Kier alpha value is -3.25. The Balaban J connectivity index is 1.31. The molecule has 2 saturated heterocycles. The van der Waals surface area contributed by atoms with E-state index < -0.39 is 40.9 Å². The van der Waals surface area contributed by atoms with E-state index in [1.165, 1.54) is 12.1 Å². The van der Waals surface area contributed by atoms with Crippen molar-refractivity contribution in [2.45, 2.75) is 62.9 Å². The average Bonchev–Trinajstić information content (AvgIpc) is 2.91. The Kier molecular flexibility index (Phi) is 8.69. The molecule has 2 aliphatic rings. The van der Waals surface area contributed by atoms with Crippen LogP contribution in [0.25, 0.3) is 0 Å². The lowest BCUT2D eigenvalue weighted by Gasteiger charge is -2.43. The lowest BCUT2D eigenvalue weighted by molar-refractivity contribution is -0.157. The van der Waals surface area contributed by atoms with Crippen LogP contribution in [0.15, 0.2) is 30.3 Å². The van der Waals surface area contributed by atoms with Crippen LogP contribution in [0.1, 0.15) is 65.6 Å². The van der Waals surface area contributed by atoms with Crippen LogP contribution in [0.2, 0.25) is 0 Å². The van der Waals surface area contributed by atoms with Gasteiger partial charge in [-0.05, 0) is 81.4 Å². The zero-order valence-electron chi connectivity index (χ0n) is 22.1. The summed E-state index contributed by atoms with van der Waals surface area (Å²) in [5, 5.41) is 11.8. The fourth-order valence-corrected chi connectivity index (χ4v) is 5.44. The summed E-state index contributed by atoms with van der Waals surface area (Å²) in [6.07, 6.45) is -2.22. The molecule has 0 bridgehead atoms. The number of hydrogen-bond acceptors (Lipinski definition) is 5. The largest absolute Gasteiger partial charge is 0.493 e. The number of methoxy groups -OCH3 is 1. The first-order valence-corrected chi connectivity index (χ1v) is 12.9. The Labute approximate surface area is 228 Å². The third kappa shape index (κ3) is 6.38. The van der Waals surface area contributed by atoms with E-state index in [2.05, 4.69) is 10.2 Å². The fraction of sp³-hybridized carbons (Fsp3) is 0.500. The first-order valence-electron chi connectivity index (χ1n) is 12.9. The quantitative estimate of drug-likeness (QED) is 0.450. The zero-order valence-corrected chi connectivity index (χ0v) is 22.1. The van der Waals surface area contributed by atoms with Gasteiger partial charge in [-0.15, -0.1) is 0 Å². The molecule has 218 valence electrons. The number of carbonyl (C=O) groups excluding carboxylic acids is 1. The molecular weight excluding hydrogens is 539 g/mol. The highest BCUT2D eigenvalue weighted by Gasteiger charge is 2.41. The molecule has 4 rings (SSSR count). The maximum absolute atomic E-state index is 14.2. The van der Waals surface area contributed by atoms with Crippen LogP contribution in [0, 0.1) is 11.6 Å². The summed E-state index contributed by atoms with van der Waals surface area (Å²) in [5.74, 6) is -4.02. The van der Waals surface area contributed by atoms with Crippen molar-refractivity contribution in [3.8, 4) is 5.75 Å². The molecule has 2 aromatic rings. The molecule has 1 amide bonds. The molecule has 0 unspecified atom stereocenters. The smallest absolute Gasteiger partial charge is 0.416 e. The van der Waals surface area contributed by atoms with Gasteiger partial charge in [-0.3, -0.25) is 9.69 Å². The van der Waals surface area contributed by atoms with E-state index in [-0.39, 0.29) is 42.0 Å². The normalized spacial score (nSPS) is 22.6. The average molecular weight is 571 g/mol. The zero-order chi connectivity index (χ0) is 29.2. The minimum absolute atomic E-state index is 0.0577. The molecule has 0 aliphatic carbocycles. The molecule has 2 fully saturated rings. The number of nitrogens with zero attached hydrogens (tertiary/aromatic N) is 1. The summed E-state index contributed by atoms with van der Waals surface area (Å²) >= 11 is 0. The molecule has 12 heteroatoms. The highest BCUT2D eigenvalue weighted by Crippen LogP contribution is 2.36. The van der Waals surface area contributed by atoms with Crippen molar-refractivity contribution < 1.29 is 46.1 Å². The molecule has 40 heavy (non-hydrogen) atoms. The number of carboxylic acid groups (broad SMARTS) is 1. The van der Waals surface area contributed by atoms with Crippen LogP contribution < -0.4 is 10.1 Å². The predicted octanol–water partition coefficient (Wildman–Crippen LogP) is 5.12. The number of piperidine rings is 1. The summed E-state index contributed by atoms with van der Waals surface area (Å²) in [6, 6.07) is 5.37. The molecule has 0 saturated carbocycles. The van der Waals surface area contributed by atoms with Crippen LogP contribution in [0.3, 0.4) is 0 Å². The van der Waals surface area contributed by atoms with Crippen molar-refractivity contribution in [2.24, 2.45) is 0 Å². The lowest BCUT2D eigenvalue weighted by atomic mass is 9.86. The van der Waals surface area contributed by atoms with Crippen molar-refractivity contribution in [1.82, 2.24) is 10.2 Å². The molecule has 2 aromatic carbocycles. The van der Waals surface area contributed by atoms with E-state index in [4.69, 9.17) is 9.47 Å². The van der Waals surface area contributed by atoms with Crippen LogP contribution in [-0.2, 0) is 22.3 Å². The number of ether oxygens (including phenoxy) is 2. The summed E-state index contributed by atoms with van der Waals surface area (Å²) < 4.78 is 78.2. The summed E-state index contributed by atoms with van der Waals surface area (Å²) in [4.78, 5) is 26.5. The Morgan fingerprint density at radius 2 is 1.82 bits per heavy atom. The summed E-state index contributed by atoms with van der Waals surface area (Å²) in [7, 11) is 1.14. The number of nitrogens with one attached hydrogen (secondary N) is 1. The van der Waals surface area contributed by atoms with Gasteiger partial charge < -0.3 is 19.9 Å². The molecule has 7 nitrogen and oxygen atoms in total. The molecule has 0 spiro atoms. The van der Waals surface area contributed by atoms with E-state index >= 15 is 0 Å². The molecule has 2 atom stereocenters. The van der Waals surface area contributed by atoms with Crippen LogP contribution in [0.5, 0.6) is 5.75 Å². The minimum Gasteiger partial charge on any atom is -0.493 e. The third-order valence-corrected chi connectivity index (χ3v) is 7.86. The molecule has 2 heterocycles. The second kappa shape index (κ2) is 11.7. The fourth-order valence-electron chi connectivity index (χ4n) is 5.44. The number of halogens is 5. The highest BCUT2D eigenvalue weighted by molar-refractivity contribution is 5.88. The maximum Gasteiger partial charge on any atom is 0.416 e. The van der Waals surface area contributed by atoms with Gasteiger partial charge in [0.1, 0.15) is 11.4 Å². The molecule has 2 aliphatic heterocycles. The van der Waals surface area contributed by atoms with Crippen LogP contribution in [-0.4, -0.2) is 60.3 Å². The van der Waals surface area contributed by atoms with Gasteiger partial charge in [0.05, 0.1) is 24.8 Å². The monoisotopic (exact) mass is 570 g/mol. The number of carboxylic acids is 1. The van der Waals surface area contributed by atoms with Crippen LogP contribution >= 0.6 is 0 Å². The molecular formula is C28H31F5N2O5. The summed E-state index contributed by atoms with van der Waals surface area (Å²) in [5.41, 5.74) is -2.07. The van der Waals surface area contributed by atoms with Gasteiger partial charge in [0.2, 0.25) is 0 Å². The van der Waals surface area contributed by atoms with E-state index in [1.54, 1.807) is 13.0 Å². The number of alkyl halides is 3. The van der Waals surface area contributed by atoms with E-state index in [9.17, 15) is 36.6 Å². The third-order valence-electron chi connectivity index (χ3n) is 7.86. The van der Waals surface area contributed by atoms with Gasteiger partial charge in [-0.1, -0.05) is 6.07 Å². The van der Waals surface area contributed by atoms with E-state index in [1.807, 2.05) is 0 Å². The van der Waals surface area contributed by atoms with Gasteiger partial charge in [-0.25, -0.2) is 13.6 Å². The van der Waals surface area contributed by atoms with Crippen molar-refractivity contribution in [1.29, 1.82) is 0 Å². The molecule has 2 N–H and O–H groups in total.